The number of hydrogen-bond donors (Lipinski definition) is 2. The molecule has 2 atom stereocenters. The van der Waals surface area contributed by atoms with Gasteiger partial charge in [-0.05, 0) is 35.0 Å². The third-order valence-electron chi connectivity index (χ3n) is 4.95. The maximum absolute atomic E-state index is 12.5. The summed E-state index contributed by atoms with van der Waals surface area (Å²) in [7, 11) is 0. The van der Waals surface area contributed by atoms with Gasteiger partial charge in [0, 0.05) is 43.6 Å². The Morgan fingerprint density at radius 2 is 2.07 bits per heavy atom. The van der Waals surface area contributed by atoms with Crippen LogP contribution in [0.4, 0.5) is 5.69 Å². The Balaban J connectivity index is 1.52. The Labute approximate surface area is 167 Å². The van der Waals surface area contributed by atoms with Crippen LogP contribution in [-0.4, -0.2) is 73.4 Å². The van der Waals surface area contributed by atoms with E-state index in [0.29, 0.717) is 26.3 Å². The summed E-state index contributed by atoms with van der Waals surface area (Å²) in [6.45, 7) is 5.58. The molecule has 0 aromatic heterocycles. The number of hydrogen-bond acceptors (Lipinski definition) is 5. The maximum Gasteiger partial charge on any atom is 0.227 e. The van der Waals surface area contributed by atoms with Gasteiger partial charge in [-0.1, -0.05) is 12.1 Å². The molecule has 8 heteroatoms. The second kappa shape index (κ2) is 8.68. The fraction of sp³-hybridized carbons (Fsp3) is 0.579. The Morgan fingerprint density at radius 1 is 1.37 bits per heavy atom. The standard InChI is InChI=1S/C19H26BrN3O4/c1-19(26,13-22-6-8-27-9-7-22)12-21-18(25)14-10-17(24)23(11-14)16-5-3-2-4-15(16)20/h2-5,14,26H,6-13H2,1H3,(H,21,25)/t14-,19+/m1/s1. The minimum atomic E-state index is -1.03. The number of amides is 2. The van der Waals surface area contributed by atoms with Gasteiger partial charge in [-0.3, -0.25) is 14.5 Å². The molecule has 0 bridgehead atoms. The highest BCUT2D eigenvalue weighted by molar-refractivity contribution is 9.10. The number of para-hydroxylation sites is 1. The van der Waals surface area contributed by atoms with Gasteiger partial charge in [0.1, 0.15) is 0 Å². The molecule has 0 aliphatic carbocycles. The van der Waals surface area contributed by atoms with Crippen molar-refractivity contribution in [3.05, 3.63) is 28.7 Å². The Kier molecular flexibility index (Phi) is 6.52. The van der Waals surface area contributed by atoms with E-state index in [0.717, 1.165) is 23.2 Å². The molecule has 2 amide bonds. The van der Waals surface area contributed by atoms with E-state index < -0.39 is 11.5 Å². The highest BCUT2D eigenvalue weighted by Crippen LogP contribution is 2.31. The van der Waals surface area contributed by atoms with Gasteiger partial charge in [0.25, 0.3) is 0 Å². The smallest absolute Gasteiger partial charge is 0.227 e. The number of carbonyl (C=O) groups is 2. The lowest BCUT2D eigenvalue weighted by atomic mass is 10.0. The van der Waals surface area contributed by atoms with E-state index in [2.05, 4.69) is 26.1 Å². The molecular weight excluding hydrogens is 414 g/mol. The zero-order valence-corrected chi connectivity index (χ0v) is 17.1. The number of β-amino-alcohol motifs (C(OH)–C–C–N with tert-alkyl or cyclic N) is 1. The highest BCUT2D eigenvalue weighted by Gasteiger charge is 2.36. The van der Waals surface area contributed by atoms with Gasteiger partial charge < -0.3 is 20.1 Å². The van der Waals surface area contributed by atoms with Crippen molar-refractivity contribution in [2.75, 3.05) is 50.8 Å². The molecule has 2 N–H and O–H groups in total. The fourth-order valence-corrected chi connectivity index (χ4v) is 4.00. The maximum atomic E-state index is 12.5. The average Bonchev–Trinajstić information content (AvgIpc) is 3.02. The lowest BCUT2D eigenvalue weighted by Gasteiger charge is -2.34. The molecule has 0 unspecified atom stereocenters. The first-order valence-corrected chi connectivity index (χ1v) is 10.0. The Bertz CT molecular complexity index is 691. The van der Waals surface area contributed by atoms with E-state index in [-0.39, 0.29) is 24.8 Å². The third-order valence-corrected chi connectivity index (χ3v) is 5.62. The van der Waals surface area contributed by atoms with Crippen molar-refractivity contribution < 1.29 is 19.4 Å². The molecule has 7 nitrogen and oxygen atoms in total. The molecule has 2 aliphatic rings. The van der Waals surface area contributed by atoms with E-state index in [1.807, 2.05) is 24.3 Å². The predicted molar refractivity (Wildman–Crippen MR) is 105 cm³/mol. The number of anilines is 1. The van der Waals surface area contributed by atoms with E-state index in [1.165, 1.54) is 0 Å². The van der Waals surface area contributed by atoms with Crippen molar-refractivity contribution >= 4 is 33.4 Å². The number of aliphatic hydroxyl groups is 1. The zero-order chi connectivity index (χ0) is 19.4. The van der Waals surface area contributed by atoms with Crippen molar-refractivity contribution in [3.8, 4) is 0 Å². The third kappa shape index (κ3) is 5.28. The van der Waals surface area contributed by atoms with Gasteiger partial charge in [-0.25, -0.2) is 0 Å². The summed E-state index contributed by atoms with van der Waals surface area (Å²) in [5.74, 6) is -0.675. The highest BCUT2D eigenvalue weighted by atomic mass is 79.9. The van der Waals surface area contributed by atoms with Crippen LogP contribution in [0.5, 0.6) is 0 Å². The first-order chi connectivity index (χ1) is 12.9. The van der Waals surface area contributed by atoms with Crippen molar-refractivity contribution in [1.29, 1.82) is 0 Å². The molecule has 0 saturated carbocycles. The van der Waals surface area contributed by atoms with Crippen LogP contribution in [0.3, 0.4) is 0 Å². The minimum absolute atomic E-state index is 0.0675. The van der Waals surface area contributed by atoms with E-state index in [9.17, 15) is 14.7 Å². The number of nitrogens with one attached hydrogen (secondary N) is 1. The number of halogens is 1. The number of nitrogens with zero attached hydrogens (tertiary/aromatic N) is 2. The summed E-state index contributed by atoms with van der Waals surface area (Å²) in [6.07, 6.45) is 0.179. The number of morpholine rings is 1. The van der Waals surface area contributed by atoms with Crippen LogP contribution in [0.25, 0.3) is 0 Å². The van der Waals surface area contributed by atoms with Gasteiger partial charge in [0.2, 0.25) is 11.8 Å². The first-order valence-electron chi connectivity index (χ1n) is 9.21. The lowest BCUT2D eigenvalue weighted by Crippen LogP contribution is -2.52. The van der Waals surface area contributed by atoms with Crippen LogP contribution in [0.1, 0.15) is 13.3 Å². The van der Waals surface area contributed by atoms with Crippen LogP contribution in [0.15, 0.2) is 28.7 Å². The summed E-state index contributed by atoms with van der Waals surface area (Å²) >= 11 is 3.45. The SMILES string of the molecule is C[C@](O)(CNC(=O)[C@@H]1CC(=O)N(c2ccccc2Br)C1)CN1CCOCC1. The summed E-state index contributed by atoms with van der Waals surface area (Å²) in [6, 6.07) is 7.48. The number of rotatable bonds is 6. The van der Waals surface area contributed by atoms with Crippen LogP contribution in [-0.2, 0) is 14.3 Å². The normalized spacial score (nSPS) is 23.3. The van der Waals surface area contributed by atoms with Crippen molar-refractivity contribution in [2.24, 2.45) is 5.92 Å². The summed E-state index contributed by atoms with van der Waals surface area (Å²) in [5.41, 5.74) is -0.255. The lowest BCUT2D eigenvalue weighted by molar-refractivity contribution is -0.127. The molecule has 2 saturated heterocycles. The van der Waals surface area contributed by atoms with Crippen molar-refractivity contribution in [2.45, 2.75) is 18.9 Å². The van der Waals surface area contributed by atoms with Gasteiger partial charge in [0.15, 0.2) is 0 Å². The quantitative estimate of drug-likeness (QED) is 0.690. The van der Waals surface area contributed by atoms with Crippen LogP contribution < -0.4 is 10.2 Å². The number of benzene rings is 1. The molecule has 1 aromatic carbocycles. The molecule has 0 radical (unpaired) electrons. The van der Waals surface area contributed by atoms with E-state index >= 15 is 0 Å². The monoisotopic (exact) mass is 439 g/mol. The predicted octanol–water partition coefficient (Wildman–Crippen LogP) is 1.00. The molecule has 3 rings (SSSR count). The Morgan fingerprint density at radius 3 is 2.78 bits per heavy atom. The van der Waals surface area contributed by atoms with Crippen molar-refractivity contribution in [1.82, 2.24) is 10.2 Å². The number of carbonyl (C=O) groups excluding carboxylic acids is 2. The van der Waals surface area contributed by atoms with Gasteiger partial charge >= 0.3 is 0 Å². The molecule has 1 aromatic rings. The van der Waals surface area contributed by atoms with E-state index in [4.69, 9.17) is 4.74 Å². The van der Waals surface area contributed by atoms with Crippen LogP contribution in [0, 0.1) is 5.92 Å². The summed E-state index contributed by atoms with van der Waals surface area (Å²) < 4.78 is 6.14. The molecule has 2 heterocycles. The Hall–Kier alpha value is -1.48. The second-order valence-corrected chi connectivity index (χ2v) is 8.31. The van der Waals surface area contributed by atoms with Crippen LogP contribution >= 0.6 is 15.9 Å². The van der Waals surface area contributed by atoms with Gasteiger partial charge in [-0.15, -0.1) is 0 Å². The first kappa shape index (κ1) is 20.3. The van der Waals surface area contributed by atoms with Crippen LogP contribution in [0.2, 0.25) is 0 Å². The largest absolute Gasteiger partial charge is 0.387 e. The second-order valence-electron chi connectivity index (χ2n) is 7.46. The number of ether oxygens (including phenoxy) is 1. The molecular formula is C19H26BrN3O4. The molecule has 2 fully saturated rings. The molecule has 27 heavy (non-hydrogen) atoms. The summed E-state index contributed by atoms with van der Waals surface area (Å²) in [4.78, 5) is 28.7. The molecule has 148 valence electrons. The molecule has 0 spiro atoms. The topological polar surface area (TPSA) is 82.1 Å². The van der Waals surface area contributed by atoms with E-state index in [1.54, 1.807) is 11.8 Å². The molecule has 2 aliphatic heterocycles. The fourth-order valence-electron chi connectivity index (χ4n) is 3.51. The van der Waals surface area contributed by atoms with Gasteiger partial charge in [0.05, 0.1) is 30.4 Å². The van der Waals surface area contributed by atoms with Crippen molar-refractivity contribution in [3.63, 3.8) is 0 Å². The minimum Gasteiger partial charge on any atom is -0.387 e. The van der Waals surface area contributed by atoms with Gasteiger partial charge in [-0.2, -0.15) is 0 Å². The average molecular weight is 440 g/mol. The zero-order valence-electron chi connectivity index (χ0n) is 15.5. The summed E-state index contributed by atoms with van der Waals surface area (Å²) in [5, 5.41) is 13.4.